The number of aryl methyl sites for hydroxylation is 1. The maximum Gasteiger partial charge on any atom is 0.169 e. The number of carbonyl (C=O) groups is 1. The highest BCUT2D eigenvalue weighted by atomic mass is 79.9. The molecule has 1 aromatic rings. The molecule has 4 atom stereocenters. The summed E-state index contributed by atoms with van der Waals surface area (Å²) >= 11 is 3.29. The van der Waals surface area contributed by atoms with E-state index >= 15 is 0 Å². The monoisotopic (exact) mass is 356 g/mol. The van der Waals surface area contributed by atoms with Crippen molar-refractivity contribution in [3.8, 4) is 0 Å². The van der Waals surface area contributed by atoms with Crippen LogP contribution >= 0.6 is 15.9 Å². The summed E-state index contributed by atoms with van der Waals surface area (Å²) in [5, 5.41) is 10.7. The van der Waals surface area contributed by atoms with Gasteiger partial charge in [0, 0.05) is 10.8 Å². The predicted molar refractivity (Wildman–Crippen MR) is 83.4 cm³/mol. The van der Waals surface area contributed by atoms with Gasteiger partial charge in [-0.1, -0.05) is 40.5 Å². The molecule has 0 saturated heterocycles. The van der Waals surface area contributed by atoms with Crippen molar-refractivity contribution >= 4 is 32.5 Å². The number of ketones is 1. The van der Waals surface area contributed by atoms with E-state index in [1.807, 2.05) is 31.2 Å². The van der Waals surface area contributed by atoms with Gasteiger partial charge in [-0.25, -0.2) is 0 Å². The standard InChI is InChI=1S/C15H17BrO3S/c1-10-3-5-12(6-4-10)20(19)9-15(18)8-7-13(17)14(16)11(15)2/h3-8,11,14,18H,9H2,1-2H3/t11-,14?,15-,20+/m0/s1. The van der Waals surface area contributed by atoms with E-state index < -0.39 is 21.2 Å². The minimum atomic E-state index is -1.31. The molecule has 108 valence electrons. The molecule has 1 aliphatic rings. The first-order chi connectivity index (χ1) is 9.33. The van der Waals surface area contributed by atoms with Crippen LogP contribution in [0.25, 0.3) is 0 Å². The van der Waals surface area contributed by atoms with Crippen LogP contribution in [0, 0.1) is 12.8 Å². The van der Waals surface area contributed by atoms with Crippen LogP contribution < -0.4 is 0 Å². The Morgan fingerprint density at radius 2 is 1.95 bits per heavy atom. The summed E-state index contributed by atoms with van der Waals surface area (Å²) in [4.78, 5) is 11.8. The third-order valence-corrected chi connectivity index (χ3v) is 6.45. The maximum absolute atomic E-state index is 12.4. The summed E-state index contributed by atoms with van der Waals surface area (Å²) in [5.41, 5.74) is -0.140. The molecule has 0 heterocycles. The van der Waals surface area contributed by atoms with Crippen LogP contribution in [0.1, 0.15) is 12.5 Å². The van der Waals surface area contributed by atoms with Crippen LogP contribution in [0.15, 0.2) is 41.3 Å². The number of halogens is 1. The Balaban J connectivity index is 2.20. The van der Waals surface area contributed by atoms with Gasteiger partial charge in [-0.2, -0.15) is 0 Å². The van der Waals surface area contributed by atoms with Gasteiger partial charge in [-0.3, -0.25) is 9.00 Å². The Hall–Kier alpha value is -0.780. The van der Waals surface area contributed by atoms with E-state index in [9.17, 15) is 14.1 Å². The van der Waals surface area contributed by atoms with Gasteiger partial charge in [-0.05, 0) is 31.2 Å². The lowest BCUT2D eigenvalue weighted by Gasteiger charge is -2.36. The van der Waals surface area contributed by atoms with E-state index in [0.717, 1.165) is 5.56 Å². The number of carbonyl (C=O) groups excluding carboxylic acids is 1. The quantitative estimate of drug-likeness (QED) is 0.845. The van der Waals surface area contributed by atoms with Crippen molar-refractivity contribution in [1.82, 2.24) is 0 Å². The SMILES string of the molecule is Cc1ccc([S@](=O)C[C@@]2(O)C=CC(=O)C(Br)[C@@H]2C)cc1. The molecule has 0 aliphatic heterocycles. The number of hydrogen-bond acceptors (Lipinski definition) is 3. The molecule has 1 N–H and O–H groups in total. The van der Waals surface area contributed by atoms with Gasteiger partial charge in [0.2, 0.25) is 0 Å². The van der Waals surface area contributed by atoms with Gasteiger partial charge in [0.25, 0.3) is 0 Å². The van der Waals surface area contributed by atoms with Crippen molar-refractivity contribution in [2.45, 2.75) is 29.2 Å². The minimum absolute atomic E-state index is 0.0664. The van der Waals surface area contributed by atoms with E-state index in [1.165, 1.54) is 12.2 Å². The van der Waals surface area contributed by atoms with E-state index in [1.54, 1.807) is 6.92 Å². The Labute approximate surface area is 129 Å². The summed E-state index contributed by atoms with van der Waals surface area (Å²) in [6, 6.07) is 7.41. The molecule has 0 aromatic heterocycles. The first kappa shape index (κ1) is 15.6. The third-order valence-electron chi connectivity index (χ3n) is 3.68. The zero-order chi connectivity index (χ0) is 14.9. The topological polar surface area (TPSA) is 54.4 Å². The van der Waals surface area contributed by atoms with Crippen molar-refractivity contribution in [1.29, 1.82) is 0 Å². The van der Waals surface area contributed by atoms with Crippen molar-refractivity contribution in [3.05, 3.63) is 42.0 Å². The molecule has 20 heavy (non-hydrogen) atoms. The van der Waals surface area contributed by atoms with Crippen LogP contribution in [0.5, 0.6) is 0 Å². The number of allylic oxidation sites excluding steroid dienone is 1. The zero-order valence-electron chi connectivity index (χ0n) is 11.4. The highest BCUT2D eigenvalue weighted by molar-refractivity contribution is 9.10. The summed E-state index contributed by atoms with van der Waals surface area (Å²) in [7, 11) is -1.31. The average molecular weight is 357 g/mol. The Bertz CT molecular complexity index is 567. The van der Waals surface area contributed by atoms with Gasteiger partial charge in [0.15, 0.2) is 5.78 Å². The molecule has 3 nitrogen and oxygen atoms in total. The lowest BCUT2D eigenvalue weighted by atomic mass is 9.82. The smallest absolute Gasteiger partial charge is 0.169 e. The average Bonchev–Trinajstić information content (AvgIpc) is 2.42. The molecule has 1 unspecified atom stereocenters. The molecule has 0 bridgehead atoms. The van der Waals surface area contributed by atoms with Crippen molar-refractivity contribution in [2.75, 3.05) is 5.75 Å². The molecule has 0 radical (unpaired) electrons. The number of rotatable bonds is 3. The zero-order valence-corrected chi connectivity index (χ0v) is 13.8. The Kier molecular flexibility index (Phi) is 4.62. The predicted octanol–water partition coefficient (Wildman–Crippen LogP) is 2.37. The summed E-state index contributed by atoms with van der Waals surface area (Å²) in [5.74, 6) is -0.305. The van der Waals surface area contributed by atoms with Crippen molar-refractivity contribution in [2.24, 2.45) is 5.92 Å². The van der Waals surface area contributed by atoms with Gasteiger partial charge in [-0.15, -0.1) is 0 Å². The van der Waals surface area contributed by atoms with Gasteiger partial charge in [0.1, 0.15) is 0 Å². The van der Waals surface area contributed by atoms with E-state index in [-0.39, 0.29) is 17.5 Å². The molecule has 5 heteroatoms. The first-order valence-corrected chi connectivity index (χ1v) is 8.61. The number of benzene rings is 1. The fourth-order valence-corrected chi connectivity index (χ4v) is 4.13. The second-order valence-electron chi connectivity index (χ2n) is 5.22. The minimum Gasteiger partial charge on any atom is -0.384 e. The Morgan fingerprint density at radius 3 is 2.55 bits per heavy atom. The Morgan fingerprint density at radius 1 is 1.35 bits per heavy atom. The van der Waals surface area contributed by atoms with Crippen LogP contribution in [0.2, 0.25) is 0 Å². The van der Waals surface area contributed by atoms with E-state index in [4.69, 9.17) is 0 Å². The number of hydrogen-bond donors (Lipinski definition) is 1. The highest BCUT2D eigenvalue weighted by Crippen LogP contribution is 2.33. The molecule has 0 amide bonds. The van der Waals surface area contributed by atoms with Crippen LogP contribution in [-0.2, 0) is 15.6 Å². The largest absolute Gasteiger partial charge is 0.384 e. The molecule has 2 rings (SSSR count). The van der Waals surface area contributed by atoms with Crippen LogP contribution in [0.4, 0.5) is 0 Å². The second-order valence-corrected chi connectivity index (χ2v) is 7.66. The molecule has 1 aromatic carbocycles. The van der Waals surface area contributed by atoms with Crippen LogP contribution in [-0.4, -0.2) is 31.3 Å². The molecule has 0 saturated carbocycles. The van der Waals surface area contributed by atoms with Gasteiger partial charge < -0.3 is 5.11 Å². The molecule has 0 fully saturated rings. The van der Waals surface area contributed by atoms with Gasteiger partial charge >= 0.3 is 0 Å². The summed E-state index contributed by atoms with van der Waals surface area (Å²) in [6.07, 6.45) is 2.84. The molecular weight excluding hydrogens is 340 g/mol. The lowest BCUT2D eigenvalue weighted by molar-refractivity contribution is -0.117. The maximum atomic E-state index is 12.4. The van der Waals surface area contributed by atoms with Crippen LogP contribution in [0.3, 0.4) is 0 Å². The van der Waals surface area contributed by atoms with Gasteiger partial charge in [0.05, 0.1) is 27.0 Å². The first-order valence-electron chi connectivity index (χ1n) is 6.38. The normalized spacial score (nSPS) is 31.3. The van der Waals surface area contributed by atoms with E-state index in [2.05, 4.69) is 15.9 Å². The highest BCUT2D eigenvalue weighted by Gasteiger charge is 2.42. The van der Waals surface area contributed by atoms with E-state index in [0.29, 0.717) is 4.90 Å². The molecule has 0 spiro atoms. The fourth-order valence-electron chi connectivity index (χ4n) is 2.13. The molecular formula is C15H17BrO3S. The number of alkyl halides is 1. The lowest BCUT2D eigenvalue weighted by Crippen LogP contribution is -2.48. The summed E-state index contributed by atoms with van der Waals surface area (Å²) in [6.45, 7) is 3.75. The van der Waals surface area contributed by atoms with Crippen molar-refractivity contribution in [3.63, 3.8) is 0 Å². The molecule has 1 aliphatic carbocycles. The summed E-state index contributed by atoms with van der Waals surface area (Å²) < 4.78 is 12.4. The number of aliphatic hydroxyl groups is 1. The van der Waals surface area contributed by atoms with Crippen molar-refractivity contribution < 1.29 is 14.1 Å². The second kappa shape index (κ2) is 5.92. The fraction of sp³-hybridized carbons (Fsp3) is 0.400. The third kappa shape index (κ3) is 3.10.